The summed E-state index contributed by atoms with van der Waals surface area (Å²) >= 11 is 6.15. The molecule has 3 aromatic rings. The van der Waals surface area contributed by atoms with Crippen LogP contribution in [0.5, 0.6) is 0 Å². The largest absolute Gasteiger partial charge is 0.391 e. The zero-order chi connectivity index (χ0) is 24.3. The molecule has 1 unspecified atom stereocenters. The van der Waals surface area contributed by atoms with Gasteiger partial charge >= 0.3 is 0 Å². The van der Waals surface area contributed by atoms with Crippen molar-refractivity contribution in [1.82, 2.24) is 19.5 Å². The van der Waals surface area contributed by atoms with Crippen molar-refractivity contribution in [2.45, 2.75) is 64.7 Å². The Morgan fingerprint density at radius 1 is 1.27 bits per heavy atom. The van der Waals surface area contributed by atoms with E-state index in [4.69, 9.17) is 27.2 Å². The Labute approximate surface area is 197 Å². The first-order valence-electron chi connectivity index (χ1n) is 11.0. The van der Waals surface area contributed by atoms with E-state index in [0.29, 0.717) is 29.2 Å². The molecule has 1 atom stereocenters. The molecule has 2 aromatic heterocycles. The number of rotatable bonds is 3. The van der Waals surface area contributed by atoms with Crippen LogP contribution in [0, 0.1) is 5.82 Å². The molecule has 0 aliphatic carbocycles. The van der Waals surface area contributed by atoms with Gasteiger partial charge in [-0.1, -0.05) is 11.6 Å². The van der Waals surface area contributed by atoms with E-state index >= 15 is 0 Å². The second-order valence-corrected chi connectivity index (χ2v) is 9.34. The third-order valence-electron chi connectivity index (χ3n) is 5.23. The molecule has 3 heterocycles. The van der Waals surface area contributed by atoms with Crippen molar-refractivity contribution in [3.05, 3.63) is 35.0 Å². The summed E-state index contributed by atoms with van der Waals surface area (Å²) in [5.74, 6) is -0.0815. The number of nitrogens with zero attached hydrogens (tertiary/aromatic N) is 4. The van der Waals surface area contributed by atoms with Crippen molar-refractivity contribution in [3.8, 4) is 11.3 Å². The lowest BCUT2D eigenvalue weighted by Gasteiger charge is -2.21. The highest BCUT2D eigenvalue weighted by molar-refractivity contribution is 6.33. The molecule has 1 saturated heterocycles. The molecule has 0 amide bonds. The fourth-order valence-electron chi connectivity index (χ4n) is 3.71. The van der Waals surface area contributed by atoms with Crippen LogP contribution in [-0.4, -0.2) is 49.0 Å². The zero-order valence-electron chi connectivity index (χ0n) is 19.3. The summed E-state index contributed by atoms with van der Waals surface area (Å²) in [6.07, 6.45) is 4.32. The van der Waals surface area contributed by atoms with Gasteiger partial charge in [0.15, 0.2) is 5.82 Å². The SMILES string of the molecule is CC(C)n1c(C(C)(C)O)nc2c(F)cc(-c3nc(N)ncc3Cl)cc21.OC1CCCCOC1. The molecule has 33 heavy (non-hydrogen) atoms. The second kappa shape index (κ2) is 10.3. The first kappa shape index (κ1) is 25.3. The smallest absolute Gasteiger partial charge is 0.220 e. The number of benzene rings is 1. The number of imidazole rings is 1. The van der Waals surface area contributed by atoms with Gasteiger partial charge in [0.1, 0.15) is 16.9 Å². The average molecular weight is 480 g/mol. The van der Waals surface area contributed by atoms with Gasteiger partial charge in [0, 0.05) is 18.2 Å². The third-order valence-corrected chi connectivity index (χ3v) is 5.51. The Morgan fingerprint density at radius 2 is 2.00 bits per heavy atom. The number of aliphatic hydroxyl groups is 2. The van der Waals surface area contributed by atoms with Crippen molar-refractivity contribution >= 4 is 28.6 Å². The van der Waals surface area contributed by atoms with Crippen molar-refractivity contribution in [3.63, 3.8) is 0 Å². The summed E-state index contributed by atoms with van der Waals surface area (Å²) in [6, 6.07) is 3.02. The molecule has 180 valence electrons. The van der Waals surface area contributed by atoms with Crippen LogP contribution < -0.4 is 5.73 Å². The molecule has 8 nitrogen and oxygen atoms in total. The minimum absolute atomic E-state index is 0.0352. The Morgan fingerprint density at radius 3 is 2.67 bits per heavy atom. The van der Waals surface area contributed by atoms with Gasteiger partial charge in [-0.2, -0.15) is 0 Å². The van der Waals surface area contributed by atoms with E-state index in [0.717, 1.165) is 25.9 Å². The van der Waals surface area contributed by atoms with Gasteiger partial charge in [0.05, 0.1) is 35.1 Å². The van der Waals surface area contributed by atoms with Crippen LogP contribution in [0.4, 0.5) is 10.3 Å². The highest BCUT2D eigenvalue weighted by atomic mass is 35.5. The number of halogens is 2. The molecule has 4 N–H and O–H groups in total. The molecule has 1 aliphatic rings. The van der Waals surface area contributed by atoms with Gasteiger partial charge in [-0.15, -0.1) is 0 Å². The lowest BCUT2D eigenvalue weighted by atomic mass is 10.1. The molecule has 4 rings (SSSR count). The van der Waals surface area contributed by atoms with E-state index in [9.17, 15) is 9.50 Å². The number of aliphatic hydroxyl groups excluding tert-OH is 1. The van der Waals surface area contributed by atoms with Gasteiger partial charge in [-0.05, 0) is 59.1 Å². The van der Waals surface area contributed by atoms with Gasteiger partial charge in [-0.25, -0.2) is 19.3 Å². The standard InChI is InChI=1S/C17H19ClFN5O.C6H12O2/c1-8(2)24-12-6-9(13-10(18)7-21-16(20)23-13)5-11(19)14(12)22-15(24)17(3,4)25;7-6-3-1-2-4-8-5-6/h5-8,25H,1-4H3,(H2,20,21,23);6-7H,1-5H2. The number of fused-ring (bicyclic) bond motifs is 1. The van der Waals surface area contributed by atoms with Crippen LogP contribution in [0.1, 0.15) is 58.8 Å². The van der Waals surface area contributed by atoms with Crippen molar-refractivity contribution < 1.29 is 19.3 Å². The highest BCUT2D eigenvalue weighted by Crippen LogP contribution is 2.34. The van der Waals surface area contributed by atoms with E-state index in [-0.39, 0.29) is 28.6 Å². The van der Waals surface area contributed by atoms with E-state index in [2.05, 4.69) is 15.0 Å². The molecule has 0 bridgehead atoms. The van der Waals surface area contributed by atoms with E-state index in [1.165, 1.54) is 12.3 Å². The maximum Gasteiger partial charge on any atom is 0.220 e. The molecule has 1 fully saturated rings. The predicted molar refractivity (Wildman–Crippen MR) is 126 cm³/mol. The fraction of sp³-hybridized carbons (Fsp3) is 0.522. The van der Waals surface area contributed by atoms with Gasteiger partial charge < -0.3 is 25.3 Å². The highest BCUT2D eigenvalue weighted by Gasteiger charge is 2.28. The number of aromatic nitrogens is 4. The molecule has 1 aliphatic heterocycles. The van der Waals surface area contributed by atoms with E-state index in [1.54, 1.807) is 24.5 Å². The van der Waals surface area contributed by atoms with Crippen LogP contribution in [0.15, 0.2) is 18.3 Å². The van der Waals surface area contributed by atoms with Gasteiger partial charge in [0.25, 0.3) is 0 Å². The number of anilines is 1. The minimum Gasteiger partial charge on any atom is -0.391 e. The first-order chi connectivity index (χ1) is 15.5. The molecule has 0 saturated carbocycles. The van der Waals surface area contributed by atoms with Crippen LogP contribution in [0.25, 0.3) is 22.3 Å². The maximum atomic E-state index is 14.7. The third kappa shape index (κ3) is 5.97. The Bertz CT molecular complexity index is 1110. The quantitative estimate of drug-likeness (QED) is 0.514. The summed E-state index contributed by atoms with van der Waals surface area (Å²) in [7, 11) is 0. The number of nitrogen functional groups attached to an aromatic ring is 1. The molecule has 0 radical (unpaired) electrons. The summed E-state index contributed by atoms with van der Waals surface area (Å²) in [4.78, 5) is 12.3. The lowest BCUT2D eigenvalue weighted by Crippen LogP contribution is -2.23. The predicted octanol–water partition coefficient (Wildman–Crippen LogP) is 4.22. The normalized spacial score (nSPS) is 17.1. The van der Waals surface area contributed by atoms with Crippen molar-refractivity contribution in [1.29, 1.82) is 0 Å². The molecule has 10 heteroatoms. The molecular formula is C23H31ClFN5O3. The Kier molecular flexibility index (Phi) is 7.89. The van der Waals surface area contributed by atoms with Crippen molar-refractivity contribution in [2.24, 2.45) is 0 Å². The average Bonchev–Trinajstić information content (AvgIpc) is 2.98. The molecule has 0 spiro atoms. The second-order valence-electron chi connectivity index (χ2n) is 8.93. The van der Waals surface area contributed by atoms with E-state index in [1.807, 2.05) is 13.8 Å². The molecular weight excluding hydrogens is 449 g/mol. The van der Waals surface area contributed by atoms with E-state index < -0.39 is 11.4 Å². The monoisotopic (exact) mass is 479 g/mol. The summed E-state index contributed by atoms with van der Waals surface area (Å²) in [5, 5.41) is 19.6. The lowest BCUT2D eigenvalue weighted by molar-refractivity contribution is 0.0512. The Balaban J connectivity index is 0.000000323. The number of nitrogens with two attached hydrogens (primary N) is 1. The van der Waals surface area contributed by atoms with Crippen LogP contribution in [0.3, 0.4) is 0 Å². The minimum atomic E-state index is -1.22. The van der Waals surface area contributed by atoms with Crippen molar-refractivity contribution in [2.75, 3.05) is 18.9 Å². The van der Waals surface area contributed by atoms with Crippen LogP contribution >= 0.6 is 11.6 Å². The summed E-state index contributed by atoms with van der Waals surface area (Å²) in [5.41, 5.74) is 5.96. The first-order valence-corrected chi connectivity index (χ1v) is 11.3. The summed E-state index contributed by atoms with van der Waals surface area (Å²) < 4.78 is 21.6. The number of hydrogen-bond acceptors (Lipinski definition) is 7. The fourth-order valence-corrected chi connectivity index (χ4v) is 3.91. The Hall–Kier alpha value is -2.33. The van der Waals surface area contributed by atoms with Crippen LogP contribution in [-0.2, 0) is 10.3 Å². The van der Waals surface area contributed by atoms with Crippen LogP contribution in [0.2, 0.25) is 5.02 Å². The van der Waals surface area contributed by atoms with Gasteiger partial charge in [0.2, 0.25) is 5.95 Å². The molecule has 1 aromatic carbocycles. The number of ether oxygens (including phenoxy) is 1. The summed E-state index contributed by atoms with van der Waals surface area (Å²) in [6.45, 7) is 8.49. The topological polar surface area (TPSA) is 119 Å². The maximum absolute atomic E-state index is 14.7. The zero-order valence-corrected chi connectivity index (χ0v) is 20.1. The van der Waals surface area contributed by atoms with Gasteiger partial charge in [-0.3, -0.25) is 0 Å². The number of hydrogen-bond donors (Lipinski definition) is 3.